The number of ether oxygens (including phenoxy) is 1. The van der Waals surface area contributed by atoms with Crippen LogP contribution in [0.25, 0.3) is 0 Å². The van der Waals surface area contributed by atoms with Crippen LogP contribution in [0.15, 0.2) is 48.5 Å². The van der Waals surface area contributed by atoms with Crippen LogP contribution < -0.4 is 21.1 Å². The average molecular weight is 343 g/mol. The molecule has 0 unspecified atom stereocenters. The summed E-state index contributed by atoms with van der Waals surface area (Å²) in [6.07, 6.45) is 0. The molecule has 1 amide bonds. The Morgan fingerprint density at radius 1 is 1.20 bits per heavy atom. The van der Waals surface area contributed by atoms with Crippen molar-refractivity contribution in [1.82, 2.24) is 5.32 Å². The van der Waals surface area contributed by atoms with E-state index in [1.54, 1.807) is 37.4 Å². The zero-order valence-corrected chi connectivity index (χ0v) is 13.9. The van der Waals surface area contributed by atoms with Gasteiger partial charge in [-0.1, -0.05) is 24.3 Å². The molecule has 1 atom stereocenters. The molecule has 0 radical (unpaired) electrons. The molecule has 25 heavy (non-hydrogen) atoms. The fourth-order valence-electron chi connectivity index (χ4n) is 2.20. The number of benzene rings is 2. The number of aliphatic carboxylic acids is 1. The number of carbonyl (C=O) groups is 2. The standard InChI is InChI=1S/C18H21N3O4/c1-25-14-7-4-6-12(9-14)17(22)21-16-8-3-2-5-13(16)10-20-11-15(19)18(23)24/h2-9,15,20H,10-11,19H2,1H3,(H,21,22)(H,23,24)/t15-/m0/s1. The Labute approximate surface area is 145 Å². The summed E-state index contributed by atoms with van der Waals surface area (Å²) in [7, 11) is 1.54. The number of carboxylic acids is 1. The van der Waals surface area contributed by atoms with Gasteiger partial charge in [0.05, 0.1) is 7.11 Å². The lowest BCUT2D eigenvalue weighted by molar-refractivity contribution is -0.138. The van der Waals surface area contributed by atoms with Gasteiger partial charge in [0, 0.05) is 24.3 Å². The third-order valence-electron chi connectivity index (χ3n) is 3.59. The minimum Gasteiger partial charge on any atom is -0.497 e. The number of para-hydroxylation sites is 1. The third kappa shape index (κ3) is 5.30. The van der Waals surface area contributed by atoms with Crippen LogP contribution >= 0.6 is 0 Å². The number of carbonyl (C=O) groups excluding carboxylic acids is 1. The molecule has 0 aromatic heterocycles. The van der Waals surface area contributed by atoms with Crippen LogP contribution in [-0.2, 0) is 11.3 Å². The van der Waals surface area contributed by atoms with Crippen molar-refractivity contribution in [1.29, 1.82) is 0 Å². The molecule has 0 saturated heterocycles. The molecule has 132 valence electrons. The Bertz CT molecular complexity index is 749. The summed E-state index contributed by atoms with van der Waals surface area (Å²) in [4.78, 5) is 23.2. The van der Waals surface area contributed by atoms with Gasteiger partial charge in [0.15, 0.2) is 0 Å². The predicted molar refractivity (Wildman–Crippen MR) is 94.7 cm³/mol. The van der Waals surface area contributed by atoms with Crippen LogP contribution in [0.2, 0.25) is 0 Å². The molecule has 0 bridgehead atoms. The zero-order valence-electron chi connectivity index (χ0n) is 13.9. The number of carboxylic acid groups (broad SMARTS) is 1. The predicted octanol–water partition coefficient (Wildman–Crippen LogP) is 1.45. The first-order valence-electron chi connectivity index (χ1n) is 7.73. The molecule has 0 saturated carbocycles. The fraction of sp³-hybridized carbons (Fsp3) is 0.222. The van der Waals surface area contributed by atoms with Crippen molar-refractivity contribution < 1.29 is 19.4 Å². The Hall–Kier alpha value is -2.90. The number of methoxy groups -OCH3 is 1. The zero-order chi connectivity index (χ0) is 18.2. The fourth-order valence-corrected chi connectivity index (χ4v) is 2.20. The number of nitrogens with one attached hydrogen (secondary N) is 2. The quantitative estimate of drug-likeness (QED) is 0.577. The van der Waals surface area contributed by atoms with Crippen LogP contribution in [0.5, 0.6) is 5.75 Å². The van der Waals surface area contributed by atoms with Crippen LogP contribution in [0.3, 0.4) is 0 Å². The first kappa shape index (κ1) is 18.4. The molecule has 7 heteroatoms. The van der Waals surface area contributed by atoms with Crippen LogP contribution in [-0.4, -0.2) is 36.7 Å². The second-order valence-electron chi connectivity index (χ2n) is 5.42. The summed E-state index contributed by atoms with van der Waals surface area (Å²) in [6, 6.07) is 13.2. The van der Waals surface area contributed by atoms with E-state index in [0.29, 0.717) is 23.5 Å². The van der Waals surface area contributed by atoms with E-state index in [0.717, 1.165) is 5.56 Å². The van der Waals surface area contributed by atoms with Gasteiger partial charge in [0.1, 0.15) is 11.8 Å². The lowest BCUT2D eigenvalue weighted by Crippen LogP contribution is -2.40. The van der Waals surface area contributed by atoms with Gasteiger partial charge < -0.3 is 26.2 Å². The van der Waals surface area contributed by atoms with Gasteiger partial charge in [0.25, 0.3) is 5.91 Å². The summed E-state index contributed by atoms with van der Waals surface area (Å²) >= 11 is 0. The Kier molecular flexibility index (Phi) is 6.50. The van der Waals surface area contributed by atoms with Gasteiger partial charge in [-0.05, 0) is 29.8 Å². The third-order valence-corrected chi connectivity index (χ3v) is 3.59. The lowest BCUT2D eigenvalue weighted by atomic mass is 10.1. The van der Waals surface area contributed by atoms with E-state index in [9.17, 15) is 9.59 Å². The number of hydrogen-bond donors (Lipinski definition) is 4. The highest BCUT2D eigenvalue weighted by atomic mass is 16.5. The van der Waals surface area contributed by atoms with E-state index in [1.165, 1.54) is 0 Å². The number of rotatable bonds is 8. The molecular weight excluding hydrogens is 322 g/mol. The van der Waals surface area contributed by atoms with Crippen molar-refractivity contribution in [2.75, 3.05) is 19.0 Å². The molecule has 2 aromatic rings. The highest BCUT2D eigenvalue weighted by Crippen LogP contribution is 2.18. The summed E-state index contributed by atoms with van der Waals surface area (Å²) < 4.78 is 5.12. The maximum Gasteiger partial charge on any atom is 0.321 e. The first-order valence-corrected chi connectivity index (χ1v) is 7.73. The monoisotopic (exact) mass is 343 g/mol. The lowest BCUT2D eigenvalue weighted by Gasteiger charge is -2.13. The van der Waals surface area contributed by atoms with Gasteiger partial charge in [0.2, 0.25) is 0 Å². The van der Waals surface area contributed by atoms with Crippen LogP contribution in [0, 0.1) is 0 Å². The Morgan fingerprint density at radius 2 is 1.96 bits per heavy atom. The van der Waals surface area contributed by atoms with Crippen molar-refractivity contribution in [2.24, 2.45) is 5.73 Å². The molecule has 0 aliphatic rings. The van der Waals surface area contributed by atoms with E-state index in [2.05, 4.69) is 10.6 Å². The van der Waals surface area contributed by atoms with Crippen molar-refractivity contribution in [3.05, 3.63) is 59.7 Å². The summed E-state index contributed by atoms with van der Waals surface area (Å²) in [5.74, 6) is -0.717. The van der Waals surface area contributed by atoms with Gasteiger partial charge >= 0.3 is 5.97 Å². The van der Waals surface area contributed by atoms with Crippen molar-refractivity contribution in [3.63, 3.8) is 0 Å². The molecule has 0 aliphatic heterocycles. The molecular formula is C18H21N3O4. The molecule has 0 aliphatic carbocycles. The largest absolute Gasteiger partial charge is 0.497 e. The molecule has 0 heterocycles. The highest BCUT2D eigenvalue weighted by molar-refractivity contribution is 6.04. The van der Waals surface area contributed by atoms with E-state index >= 15 is 0 Å². The second-order valence-corrected chi connectivity index (χ2v) is 5.42. The maximum absolute atomic E-state index is 12.4. The van der Waals surface area contributed by atoms with Crippen molar-refractivity contribution in [2.45, 2.75) is 12.6 Å². The van der Waals surface area contributed by atoms with Crippen LogP contribution in [0.1, 0.15) is 15.9 Å². The number of hydrogen-bond acceptors (Lipinski definition) is 5. The van der Waals surface area contributed by atoms with E-state index in [4.69, 9.17) is 15.6 Å². The van der Waals surface area contributed by atoms with Crippen molar-refractivity contribution in [3.8, 4) is 5.75 Å². The second kappa shape index (κ2) is 8.81. The first-order chi connectivity index (χ1) is 12.0. The van der Waals surface area contributed by atoms with Gasteiger partial charge in [-0.25, -0.2) is 0 Å². The van der Waals surface area contributed by atoms with Crippen molar-refractivity contribution >= 4 is 17.6 Å². The van der Waals surface area contributed by atoms with E-state index < -0.39 is 12.0 Å². The average Bonchev–Trinajstić information content (AvgIpc) is 2.62. The number of amides is 1. The SMILES string of the molecule is COc1cccc(C(=O)Nc2ccccc2CNC[C@H](N)C(=O)O)c1. The number of nitrogens with two attached hydrogens (primary N) is 1. The van der Waals surface area contributed by atoms with Crippen LogP contribution in [0.4, 0.5) is 5.69 Å². The smallest absolute Gasteiger partial charge is 0.321 e. The molecule has 0 fully saturated rings. The number of anilines is 1. The minimum atomic E-state index is -1.06. The Morgan fingerprint density at radius 3 is 2.68 bits per heavy atom. The van der Waals surface area contributed by atoms with Gasteiger partial charge in [-0.3, -0.25) is 9.59 Å². The van der Waals surface area contributed by atoms with Gasteiger partial charge in [-0.2, -0.15) is 0 Å². The van der Waals surface area contributed by atoms with E-state index in [-0.39, 0.29) is 12.5 Å². The highest BCUT2D eigenvalue weighted by Gasteiger charge is 2.12. The van der Waals surface area contributed by atoms with Gasteiger partial charge in [-0.15, -0.1) is 0 Å². The summed E-state index contributed by atoms with van der Waals surface area (Å²) in [5.41, 5.74) is 7.42. The molecule has 2 aromatic carbocycles. The maximum atomic E-state index is 12.4. The van der Waals surface area contributed by atoms with E-state index in [1.807, 2.05) is 18.2 Å². The molecule has 5 N–H and O–H groups in total. The summed E-state index contributed by atoms with van der Waals surface area (Å²) in [6.45, 7) is 0.517. The molecule has 7 nitrogen and oxygen atoms in total. The normalized spacial score (nSPS) is 11.6. The minimum absolute atomic E-state index is 0.132. The topological polar surface area (TPSA) is 114 Å². The summed E-state index contributed by atoms with van der Waals surface area (Å²) in [5, 5.41) is 14.6. The Balaban J connectivity index is 2.04. The molecule has 2 rings (SSSR count). The molecule has 0 spiro atoms.